The van der Waals surface area contributed by atoms with Gasteiger partial charge in [-0.2, -0.15) is 5.26 Å². The molecule has 0 unspecified atom stereocenters. The van der Waals surface area contributed by atoms with Gasteiger partial charge in [-0.3, -0.25) is 9.69 Å². The van der Waals surface area contributed by atoms with Crippen molar-refractivity contribution in [3.63, 3.8) is 0 Å². The molecule has 0 radical (unpaired) electrons. The smallest absolute Gasteiger partial charge is 0.237 e. The lowest BCUT2D eigenvalue weighted by atomic mass is 10.1. The summed E-state index contributed by atoms with van der Waals surface area (Å²) in [6.07, 6.45) is 1.65. The van der Waals surface area contributed by atoms with Gasteiger partial charge in [0, 0.05) is 32.7 Å². The summed E-state index contributed by atoms with van der Waals surface area (Å²) >= 11 is 0. The lowest BCUT2D eigenvalue weighted by Gasteiger charge is -2.38. The maximum Gasteiger partial charge on any atom is 0.237 e. The molecule has 1 heterocycles. The Morgan fingerprint density at radius 2 is 2.17 bits per heavy atom. The maximum absolute atomic E-state index is 14.1. The van der Waals surface area contributed by atoms with Gasteiger partial charge in [0.15, 0.2) is 0 Å². The fourth-order valence-corrected chi connectivity index (χ4v) is 2.67. The number of benzene rings is 1. The summed E-state index contributed by atoms with van der Waals surface area (Å²) in [5.74, 6) is -0.405. The van der Waals surface area contributed by atoms with Crippen LogP contribution in [0.25, 0.3) is 0 Å². The van der Waals surface area contributed by atoms with E-state index in [1.807, 2.05) is 17.9 Å². The van der Waals surface area contributed by atoms with Crippen LogP contribution in [0.2, 0.25) is 0 Å². The predicted molar refractivity (Wildman–Crippen MR) is 87.6 cm³/mol. The predicted octanol–water partition coefficient (Wildman–Crippen LogP) is 1.51. The van der Waals surface area contributed by atoms with Gasteiger partial charge in [0.2, 0.25) is 5.91 Å². The van der Waals surface area contributed by atoms with Gasteiger partial charge in [-0.05, 0) is 25.1 Å². The molecule has 0 bridgehead atoms. The third kappa shape index (κ3) is 4.08. The van der Waals surface area contributed by atoms with Crippen LogP contribution in [0, 0.1) is 17.1 Å². The number of carbonyl (C=O) groups is 1. The van der Waals surface area contributed by atoms with Crippen LogP contribution in [-0.4, -0.2) is 49.6 Å². The first-order valence-corrected chi connectivity index (χ1v) is 7.64. The van der Waals surface area contributed by atoms with Crippen LogP contribution in [0.3, 0.4) is 0 Å². The monoisotopic (exact) mass is 316 g/mol. The number of hydrogen-bond acceptors (Lipinski definition) is 4. The van der Waals surface area contributed by atoms with Gasteiger partial charge in [0.05, 0.1) is 23.4 Å². The minimum atomic E-state index is -0.380. The molecule has 1 saturated heterocycles. The summed E-state index contributed by atoms with van der Waals surface area (Å²) in [5.41, 5.74) is 0.824. The summed E-state index contributed by atoms with van der Waals surface area (Å²) in [6, 6.07) is 6.23. The SMILES string of the molecule is C=CCNC(=O)[C@H](C)N1CCN(c2ccc(C#N)cc2F)CC1. The molecule has 0 spiro atoms. The lowest BCUT2D eigenvalue weighted by Crippen LogP contribution is -2.54. The number of rotatable bonds is 5. The first-order chi connectivity index (χ1) is 11.1. The Kier molecular flexibility index (Phi) is 5.72. The van der Waals surface area contributed by atoms with Gasteiger partial charge in [0.1, 0.15) is 5.82 Å². The van der Waals surface area contributed by atoms with Crippen molar-refractivity contribution in [3.8, 4) is 6.07 Å². The number of nitriles is 1. The van der Waals surface area contributed by atoms with E-state index in [2.05, 4.69) is 16.8 Å². The normalized spacial score (nSPS) is 16.5. The minimum Gasteiger partial charge on any atom is -0.367 e. The topological polar surface area (TPSA) is 59.4 Å². The molecule has 1 N–H and O–H groups in total. The molecule has 1 fully saturated rings. The van der Waals surface area contributed by atoms with Crippen LogP contribution in [0.15, 0.2) is 30.9 Å². The Hall–Kier alpha value is -2.39. The molecule has 0 aromatic heterocycles. The van der Waals surface area contributed by atoms with E-state index in [-0.39, 0.29) is 17.8 Å². The standard InChI is InChI=1S/C17H21FN4O/c1-3-6-20-17(23)13(2)21-7-9-22(10-8-21)16-5-4-14(12-19)11-15(16)18/h3-5,11,13H,1,6-10H2,2H3,(H,20,23)/t13-/m0/s1. The van der Waals surface area contributed by atoms with E-state index in [4.69, 9.17) is 5.26 Å². The Bertz CT molecular complexity index is 618. The molecule has 2 rings (SSSR count). The number of hydrogen-bond donors (Lipinski definition) is 1. The molecule has 5 nitrogen and oxygen atoms in total. The highest BCUT2D eigenvalue weighted by atomic mass is 19.1. The first-order valence-electron chi connectivity index (χ1n) is 7.64. The van der Waals surface area contributed by atoms with E-state index in [9.17, 15) is 9.18 Å². The Balaban J connectivity index is 1.95. The van der Waals surface area contributed by atoms with Gasteiger partial charge in [0.25, 0.3) is 0 Å². The second kappa shape index (κ2) is 7.75. The minimum absolute atomic E-state index is 0.0251. The van der Waals surface area contributed by atoms with Gasteiger partial charge in [-0.15, -0.1) is 6.58 Å². The fourth-order valence-electron chi connectivity index (χ4n) is 2.67. The third-order valence-corrected chi connectivity index (χ3v) is 4.08. The Morgan fingerprint density at radius 1 is 1.48 bits per heavy atom. The molecule has 1 aromatic rings. The Morgan fingerprint density at radius 3 is 2.74 bits per heavy atom. The molecule has 0 saturated carbocycles. The maximum atomic E-state index is 14.1. The molecule has 122 valence electrons. The average molecular weight is 316 g/mol. The number of nitrogens with zero attached hydrogens (tertiary/aromatic N) is 3. The number of halogens is 1. The van der Waals surface area contributed by atoms with E-state index >= 15 is 0 Å². The first kappa shape index (κ1) is 17.0. The molecule has 1 aliphatic heterocycles. The summed E-state index contributed by atoms with van der Waals surface area (Å²) < 4.78 is 14.1. The zero-order chi connectivity index (χ0) is 16.8. The second-order valence-electron chi connectivity index (χ2n) is 5.51. The highest BCUT2D eigenvalue weighted by Crippen LogP contribution is 2.22. The quantitative estimate of drug-likeness (QED) is 0.837. The van der Waals surface area contributed by atoms with Crippen molar-refractivity contribution < 1.29 is 9.18 Å². The van der Waals surface area contributed by atoms with Gasteiger partial charge >= 0.3 is 0 Å². The van der Waals surface area contributed by atoms with E-state index < -0.39 is 0 Å². The molecule has 0 aliphatic carbocycles. The summed E-state index contributed by atoms with van der Waals surface area (Å²) in [4.78, 5) is 16.0. The van der Waals surface area contributed by atoms with Crippen LogP contribution in [0.4, 0.5) is 10.1 Å². The van der Waals surface area contributed by atoms with E-state index in [1.165, 1.54) is 6.07 Å². The zero-order valence-electron chi connectivity index (χ0n) is 13.3. The van der Waals surface area contributed by atoms with Crippen molar-refractivity contribution in [3.05, 3.63) is 42.2 Å². The van der Waals surface area contributed by atoms with E-state index in [1.54, 1.807) is 18.2 Å². The highest BCUT2D eigenvalue weighted by molar-refractivity contribution is 5.81. The number of carbonyl (C=O) groups excluding carboxylic acids is 1. The fraction of sp³-hybridized carbons (Fsp3) is 0.412. The van der Waals surface area contributed by atoms with Crippen LogP contribution < -0.4 is 10.2 Å². The molecule has 1 aliphatic rings. The van der Waals surface area contributed by atoms with Crippen LogP contribution in [-0.2, 0) is 4.79 Å². The summed E-state index contributed by atoms with van der Waals surface area (Å²) in [6.45, 7) is 8.55. The van der Waals surface area contributed by atoms with Crippen molar-refractivity contribution in [1.82, 2.24) is 10.2 Å². The number of anilines is 1. The molecule has 1 aromatic carbocycles. The molecule has 23 heavy (non-hydrogen) atoms. The van der Waals surface area contributed by atoms with E-state index in [0.29, 0.717) is 44.0 Å². The van der Waals surface area contributed by atoms with Gasteiger partial charge < -0.3 is 10.2 Å². The Labute approximate surface area is 136 Å². The van der Waals surface area contributed by atoms with Crippen molar-refractivity contribution >= 4 is 11.6 Å². The largest absolute Gasteiger partial charge is 0.367 e. The van der Waals surface area contributed by atoms with E-state index in [0.717, 1.165) is 0 Å². The van der Waals surface area contributed by atoms with Gasteiger partial charge in [-0.1, -0.05) is 6.08 Å². The number of piperazine rings is 1. The average Bonchev–Trinajstić information content (AvgIpc) is 2.59. The number of nitrogens with one attached hydrogen (secondary N) is 1. The lowest BCUT2D eigenvalue weighted by molar-refractivity contribution is -0.125. The molecule has 1 atom stereocenters. The highest BCUT2D eigenvalue weighted by Gasteiger charge is 2.26. The summed E-state index contributed by atoms with van der Waals surface area (Å²) in [7, 11) is 0. The molecule has 1 amide bonds. The van der Waals surface area contributed by atoms with Crippen molar-refractivity contribution in [2.45, 2.75) is 13.0 Å². The summed E-state index contributed by atoms with van der Waals surface area (Å²) in [5, 5.41) is 11.6. The van der Waals surface area contributed by atoms with Crippen molar-refractivity contribution in [2.24, 2.45) is 0 Å². The molecule has 6 heteroatoms. The number of amides is 1. The van der Waals surface area contributed by atoms with Gasteiger partial charge in [-0.25, -0.2) is 4.39 Å². The second-order valence-corrected chi connectivity index (χ2v) is 5.51. The van der Waals surface area contributed by atoms with Crippen LogP contribution in [0.5, 0.6) is 0 Å². The van der Waals surface area contributed by atoms with Crippen LogP contribution in [0.1, 0.15) is 12.5 Å². The van der Waals surface area contributed by atoms with Crippen molar-refractivity contribution in [1.29, 1.82) is 5.26 Å². The molecular formula is C17H21FN4O. The third-order valence-electron chi connectivity index (χ3n) is 4.08. The zero-order valence-corrected chi connectivity index (χ0v) is 13.3. The van der Waals surface area contributed by atoms with Crippen LogP contribution >= 0.6 is 0 Å². The molecular weight excluding hydrogens is 295 g/mol. The van der Waals surface area contributed by atoms with Crippen molar-refractivity contribution in [2.75, 3.05) is 37.6 Å².